The maximum absolute atomic E-state index is 13.0. The van der Waals surface area contributed by atoms with Gasteiger partial charge in [-0.2, -0.15) is 14.6 Å². The lowest BCUT2D eigenvalue weighted by Crippen LogP contribution is -2.13. The van der Waals surface area contributed by atoms with Crippen molar-refractivity contribution in [3.63, 3.8) is 0 Å². The molecular formula is C19H14ClFI2N4O3. The molecule has 1 N–H and O–H groups in total. The molecule has 30 heavy (non-hydrogen) atoms. The van der Waals surface area contributed by atoms with E-state index in [1.165, 1.54) is 12.3 Å². The highest BCUT2D eigenvalue weighted by molar-refractivity contribution is 14.1. The first-order chi connectivity index (χ1) is 14.5. The third kappa shape index (κ3) is 6.16. The van der Waals surface area contributed by atoms with Crippen LogP contribution in [0.15, 0.2) is 34.9 Å². The Morgan fingerprint density at radius 2 is 2.07 bits per heavy atom. The summed E-state index contributed by atoms with van der Waals surface area (Å²) in [5.74, 6) is 0.318. The standard InChI is InChI=1S/C19H14ClFI2N4O3/c20-17-13(7-11(22)8-14(17)23)18-27-15(10-24)19(30-18)26-3-4-28-5-6-29-12-1-2-25-16(21)9-12/h1-2,7-9,26H,3-6H2. The molecule has 0 saturated heterocycles. The number of ether oxygens (including phenoxy) is 2. The van der Waals surface area contributed by atoms with Gasteiger partial charge in [-0.1, -0.05) is 11.6 Å². The molecule has 0 amide bonds. The van der Waals surface area contributed by atoms with Crippen LogP contribution in [0.25, 0.3) is 11.5 Å². The third-order valence-corrected chi connectivity index (χ3v) is 5.88. The van der Waals surface area contributed by atoms with Gasteiger partial charge in [0.25, 0.3) is 0 Å². The number of nitrogens with zero attached hydrogens (tertiary/aromatic N) is 3. The quantitative estimate of drug-likeness (QED) is 0.148. The SMILES string of the molecule is N#Cc1nc(-c2cc(I)cc(I)c2Cl)oc1NCCOCCOc1ccnc(F)c1. The first kappa shape index (κ1) is 23.0. The van der Waals surface area contributed by atoms with Gasteiger partial charge in [0.15, 0.2) is 0 Å². The van der Waals surface area contributed by atoms with E-state index < -0.39 is 5.95 Å². The Morgan fingerprint density at radius 1 is 1.23 bits per heavy atom. The molecule has 0 saturated carbocycles. The molecule has 3 aromatic rings. The van der Waals surface area contributed by atoms with Crippen LogP contribution in [0.5, 0.6) is 5.75 Å². The van der Waals surface area contributed by atoms with Crippen molar-refractivity contribution in [1.82, 2.24) is 9.97 Å². The summed E-state index contributed by atoms with van der Waals surface area (Å²) in [4.78, 5) is 7.69. The van der Waals surface area contributed by atoms with Crippen LogP contribution in [0.2, 0.25) is 5.02 Å². The number of oxazole rings is 1. The molecule has 0 spiro atoms. The van der Waals surface area contributed by atoms with E-state index in [1.807, 2.05) is 18.2 Å². The lowest BCUT2D eigenvalue weighted by molar-refractivity contribution is 0.107. The second-order valence-electron chi connectivity index (χ2n) is 5.76. The molecule has 0 aliphatic heterocycles. The fraction of sp³-hybridized carbons (Fsp3) is 0.211. The fourth-order valence-corrected chi connectivity index (χ4v) is 4.41. The number of hydrogen-bond acceptors (Lipinski definition) is 7. The number of nitrogens with one attached hydrogen (secondary N) is 1. The topological polar surface area (TPSA) is 93.2 Å². The van der Waals surface area contributed by atoms with Crippen LogP contribution in [0.1, 0.15) is 5.69 Å². The van der Waals surface area contributed by atoms with E-state index in [4.69, 9.17) is 25.5 Å². The summed E-state index contributed by atoms with van der Waals surface area (Å²) in [5.41, 5.74) is 0.761. The Morgan fingerprint density at radius 3 is 2.83 bits per heavy atom. The lowest BCUT2D eigenvalue weighted by atomic mass is 10.2. The van der Waals surface area contributed by atoms with Crippen LogP contribution in [-0.2, 0) is 4.74 Å². The molecule has 2 heterocycles. The van der Waals surface area contributed by atoms with Gasteiger partial charge in [0.1, 0.15) is 18.4 Å². The van der Waals surface area contributed by atoms with Crippen molar-refractivity contribution >= 4 is 62.7 Å². The van der Waals surface area contributed by atoms with Crippen LogP contribution in [0, 0.1) is 24.4 Å². The Hall–Kier alpha value is -1.69. The second-order valence-corrected chi connectivity index (χ2v) is 8.55. The number of halogens is 4. The Labute approximate surface area is 204 Å². The molecule has 3 rings (SSSR count). The highest BCUT2D eigenvalue weighted by Crippen LogP contribution is 2.35. The monoisotopic (exact) mass is 654 g/mol. The minimum absolute atomic E-state index is 0.137. The normalized spacial score (nSPS) is 10.6. The minimum Gasteiger partial charge on any atom is -0.491 e. The Kier molecular flexibility index (Phi) is 8.49. The summed E-state index contributed by atoms with van der Waals surface area (Å²) >= 11 is 10.7. The van der Waals surface area contributed by atoms with Gasteiger partial charge in [-0.25, -0.2) is 4.98 Å². The zero-order chi connectivity index (χ0) is 21.5. The highest BCUT2D eigenvalue weighted by Gasteiger charge is 2.18. The molecule has 0 unspecified atom stereocenters. The predicted molar refractivity (Wildman–Crippen MR) is 126 cm³/mol. The molecule has 11 heteroatoms. The van der Waals surface area contributed by atoms with Crippen LogP contribution in [0.4, 0.5) is 10.3 Å². The van der Waals surface area contributed by atoms with Crippen molar-refractivity contribution in [2.45, 2.75) is 0 Å². The number of aromatic nitrogens is 2. The third-order valence-electron chi connectivity index (χ3n) is 3.68. The predicted octanol–water partition coefficient (Wildman–Crippen LogP) is 5.12. The van der Waals surface area contributed by atoms with Gasteiger partial charge in [-0.15, -0.1) is 0 Å². The van der Waals surface area contributed by atoms with Gasteiger partial charge in [0.05, 0.1) is 23.8 Å². The van der Waals surface area contributed by atoms with Crippen LogP contribution < -0.4 is 10.1 Å². The van der Waals surface area contributed by atoms with Gasteiger partial charge >= 0.3 is 0 Å². The average molecular weight is 655 g/mol. The molecule has 0 radical (unpaired) electrons. The molecule has 0 atom stereocenters. The summed E-state index contributed by atoms with van der Waals surface area (Å²) in [6, 6.07) is 8.56. The number of rotatable bonds is 9. The molecule has 1 aromatic carbocycles. The summed E-state index contributed by atoms with van der Waals surface area (Å²) in [5, 5.41) is 12.8. The van der Waals surface area contributed by atoms with Gasteiger partial charge in [0.2, 0.25) is 23.4 Å². The van der Waals surface area contributed by atoms with E-state index in [1.54, 1.807) is 6.07 Å². The summed E-state index contributed by atoms with van der Waals surface area (Å²) in [6.07, 6.45) is 1.33. The van der Waals surface area contributed by atoms with Crippen molar-refractivity contribution in [2.75, 3.05) is 31.7 Å². The fourth-order valence-electron chi connectivity index (χ4n) is 2.37. The number of nitriles is 1. The molecule has 156 valence electrons. The Bertz CT molecular complexity index is 1070. The van der Waals surface area contributed by atoms with Crippen molar-refractivity contribution in [3.8, 4) is 23.3 Å². The van der Waals surface area contributed by atoms with E-state index in [0.717, 1.165) is 7.14 Å². The maximum Gasteiger partial charge on any atom is 0.232 e. The van der Waals surface area contributed by atoms with E-state index in [2.05, 4.69) is 60.5 Å². The largest absolute Gasteiger partial charge is 0.491 e. The number of anilines is 1. The number of hydrogen-bond donors (Lipinski definition) is 1. The highest BCUT2D eigenvalue weighted by atomic mass is 127. The van der Waals surface area contributed by atoms with Gasteiger partial charge < -0.3 is 19.2 Å². The minimum atomic E-state index is -0.599. The lowest BCUT2D eigenvalue weighted by Gasteiger charge is -2.07. The van der Waals surface area contributed by atoms with Crippen LogP contribution in [-0.4, -0.2) is 36.3 Å². The summed E-state index contributed by atoms with van der Waals surface area (Å²) in [7, 11) is 0. The van der Waals surface area contributed by atoms with Gasteiger partial charge in [-0.3, -0.25) is 0 Å². The number of benzene rings is 1. The molecule has 0 bridgehead atoms. The van der Waals surface area contributed by atoms with Crippen molar-refractivity contribution < 1.29 is 18.3 Å². The summed E-state index contributed by atoms with van der Waals surface area (Å²) in [6.45, 7) is 1.32. The zero-order valence-electron chi connectivity index (χ0n) is 15.3. The molecule has 7 nitrogen and oxygen atoms in total. The van der Waals surface area contributed by atoms with E-state index in [-0.39, 0.29) is 24.1 Å². The van der Waals surface area contributed by atoms with Gasteiger partial charge in [-0.05, 0) is 63.4 Å². The van der Waals surface area contributed by atoms with Crippen LogP contribution >= 0.6 is 56.8 Å². The van der Waals surface area contributed by atoms with Crippen LogP contribution in [0.3, 0.4) is 0 Å². The molecular weight excluding hydrogens is 640 g/mol. The Balaban J connectivity index is 1.50. The average Bonchev–Trinajstić information content (AvgIpc) is 3.13. The van der Waals surface area contributed by atoms with E-state index in [0.29, 0.717) is 36.1 Å². The van der Waals surface area contributed by atoms with E-state index in [9.17, 15) is 9.65 Å². The van der Waals surface area contributed by atoms with E-state index >= 15 is 0 Å². The zero-order valence-corrected chi connectivity index (χ0v) is 20.4. The molecule has 0 fully saturated rings. The summed E-state index contributed by atoms with van der Waals surface area (Å²) < 4.78 is 31.3. The van der Waals surface area contributed by atoms with Gasteiger partial charge in [0, 0.05) is 25.9 Å². The molecule has 2 aromatic heterocycles. The first-order valence-corrected chi connectivity index (χ1v) is 11.1. The number of pyridine rings is 1. The molecule has 0 aliphatic rings. The second kappa shape index (κ2) is 11.1. The van der Waals surface area contributed by atoms with Crippen molar-refractivity contribution in [1.29, 1.82) is 5.26 Å². The first-order valence-electron chi connectivity index (χ1n) is 8.59. The smallest absolute Gasteiger partial charge is 0.232 e. The molecule has 0 aliphatic carbocycles. The van der Waals surface area contributed by atoms with Crippen molar-refractivity contribution in [3.05, 3.63) is 54.3 Å². The van der Waals surface area contributed by atoms with Crippen molar-refractivity contribution in [2.24, 2.45) is 0 Å². The maximum atomic E-state index is 13.0.